The first-order valence-corrected chi connectivity index (χ1v) is 22.7. The van der Waals surface area contributed by atoms with E-state index in [2.05, 4.69) is 5.32 Å². The van der Waals surface area contributed by atoms with Gasteiger partial charge in [0.2, 0.25) is 11.8 Å². The fourth-order valence-corrected chi connectivity index (χ4v) is 10.1. The maximum Gasteiger partial charge on any atom is 0.430 e. The van der Waals surface area contributed by atoms with E-state index in [0.717, 1.165) is 24.3 Å². The molecule has 2 aliphatic rings. The molecule has 2 amide bonds. The lowest BCUT2D eigenvalue weighted by Crippen LogP contribution is -2.54. The third kappa shape index (κ3) is 9.75. The third-order valence-corrected chi connectivity index (χ3v) is 14.3. The lowest BCUT2D eigenvalue weighted by Gasteiger charge is -2.36. The highest BCUT2D eigenvalue weighted by molar-refractivity contribution is 7.93. The zero-order chi connectivity index (χ0) is 51.7. The maximum atomic E-state index is 15.0. The van der Waals surface area contributed by atoms with E-state index < -0.39 is 117 Å². The number of aliphatic hydroxyl groups is 2. The van der Waals surface area contributed by atoms with Crippen LogP contribution in [0, 0.1) is 11.6 Å². The van der Waals surface area contributed by atoms with E-state index in [4.69, 9.17) is 0 Å². The lowest BCUT2D eigenvalue weighted by atomic mass is 9.73. The Balaban J connectivity index is 1.15. The van der Waals surface area contributed by atoms with Gasteiger partial charge >= 0.3 is 24.7 Å². The standard InChI is InChI=1S/C41H34F14N4O8S2/c1-35(20-33(60)56-29-11-7-25(19-26(29)35)69(66,67)58-31-10-6-23(18-28(31)43)37(63,40(50,51)52)41(53,54)55)14-2-3-15-59-32-12-8-24(16-21(32)4-13-34(59)61)68(64,65)57-30-9-5-22(17-27(30)42)36(62,38(44,45)46)39(47,48)49/h5-12,16-19,57-58,62-63H,2-4,13-15,20H2,1H3,(H,56,60). The second kappa shape index (κ2) is 17.6. The quantitative estimate of drug-likeness (QED) is 0.0650. The van der Waals surface area contributed by atoms with Gasteiger partial charge < -0.3 is 20.4 Å². The molecule has 1 unspecified atom stereocenters. The molecule has 0 spiro atoms. The molecule has 0 saturated carbocycles. The van der Waals surface area contributed by atoms with E-state index in [1.807, 2.05) is 0 Å². The Morgan fingerprint density at radius 3 is 1.57 bits per heavy atom. The third-order valence-electron chi connectivity index (χ3n) is 11.6. The largest absolute Gasteiger partial charge is 0.430 e. The van der Waals surface area contributed by atoms with Crippen LogP contribution in [0.4, 0.5) is 84.2 Å². The van der Waals surface area contributed by atoms with Gasteiger partial charge in [-0.25, -0.2) is 25.6 Å². The average Bonchev–Trinajstić information content (AvgIpc) is 3.21. The van der Waals surface area contributed by atoms with Crippen LogP contribution >= 0.6 is 0 Å². The van der Waals surface area contributed by atoms with E-state index in [9.17, 15) is 98.1 Å². The number of nitrogens with zero attached hydrogens (tertiary/aromatic N) is 1. The number of amides is 2. The fraction of sp³-hybridized carbons (Fsp3) is 0.366. The van der Waals surface area contributed by atoms with Gasteiger partial charge in [0.15, 0.2) is 0 Å². The first-order valence-electron chi connectivity index (χ1n) is 19.7. The van der Waals surface area contributed by atoms with Crippen molar-refractivity contribution in [1.29, 1.82) is 0 Å². The zero-order valence-electron chi connectivity index (χ0n) is 34.8. The zero-order valence-corrected chi connectivity index (χ0v) is 36.4. The van der Waals surface area contributed by atoms with Crippen LogP contribution in [0.15, 0.2) is 82.6 Å². The van der Waals surface area contributed by atoms with Gasteiger partial charge in [-0.05, 0) is 91.1 Å². The Kier molecular flexibility index (Phi) is 13.4. The first-order chi connectivity index (χ1) is 31.5. The molecular weight excluding hydrogens is 1010 g/mol. The van der Waals surface area contributed by atoms with Crippen molar-refractivity contribution in [3.63, 3.8) is 0 Å². The van der Waals surface area contributed by atoms with Crippen molar-refractivity contribution in [2.75, 3.05) is 26.2 Å². The SMILES string of the molecule is CC1(CCCCN2C(=O)CCc3cc(S(=O)(=O)Nc4ccc(C(O)(C(F)(F)F)C(F)(F)F)cc4F)ccc32)CC(=O)Nc2ccc(S(=O)(=O)Nc3ccc(C(O)(C(F)(F)F)C(F)(F)F)cc3F)cc21. The number of carbonyl (C=O) groups is 2. The fourth-order valence-electron chi connectivity index (χ4n) is 7.93. The highest BCUT2D eigenvalue weighted by Gasteiger charge is 2.72. The molecule has 5 N–H and O–H groups in total. The number of halogens is 14. The van der Waals surface area contributed by atoms with E-state index in [0.29, 0.717) is 5.56 Å². The molecule has 376 valence electrons. The molecule has 0 aromatic heterocycles. The molecule has 2 aliphatic heterocycles. The number of nitrogens with one attached hydrogen (secondary N) is 3. The van der Waals surface area contributed by atoms with E-state index in [1.165, 1.54) is 17.0 Å². The van der Waals surface area contributed by atoms with Crippen LogP contribution in [0.2, 0.25) is 0 Å². The summed E-state index contributed by atoms with van der Waals surface area (Å²) in [6.45, 7) is 1.62. The number of sulfonamides is 2. The molecule has 6 rings (SSSR count). The van der Waals surface area contributed by atoms with Gasteiger partial charge in [-0.2, -0.15) is 52.7 Å². The van der Waals surface area contributed by atoms with Gasteiger partial charge in [0.05, 0.1) is 21.2 Å². The molecule has 0 radical (unpaired) electrons. The molecule has 69 heavy (non-hydrogen) atoms. The summed E-state index contributed by atoms with van der Waals surface area (Å²) >= 11 is 0. The smallest absolute Gasteiger partial charge is 0.369 e. The summed E-state index contributed by atoms with van der Waals surface area (Å²) in [7, 11) is -9.64. The van der Waals surface area contributed by atoms with Gasteiger partial charge in [0, 0.05) is 47.3 Å². The van der Waals surface area contributed by atoms with Gasteiger partial charge in [-0.1, -0.05) is 25.5 Å². The number of anilines is 4. The normalized spacial score (nSPS) is 17.6. The van der Waals surface area contributed by atoms with Crippen molar-refractivity contribution in [3.05, 3.63) is 107 Å². The number of rotatable bonds is 13. The van der Waals surface area contributed by atoms with Crippen LogP contribution < -0.4 is 19.7 Å². The second-order valence-corrected chi connectivity index (χ2v) is 19.7. The molecule has 0 fully saturated rings. The van der Waals surface area contributed by atoms with Crippen LogP contribution in [0.5, 0.6) is 0 Å². The molecule has 12 nitrogen and oxygen atoms in total. The number of hydrogen-bond acceptors (Lipinski definition) is 8. The summed E-state index contributed by atoms with van der Waals surface area (Å²) in [5.74, 6) is -4.67. The Hall–Kier alpha value is -5.74. The molecule has 1 atom stereocenters. The Labute approximate surface area is 381 Å². The molecular formula is C41H34F14N4O8S2. The van der Waals surface area contributed by atoms with E-state index >= 15 is 0 Å². The summed E-state index contributed by atoms with van der Waals surface area (Å²) < 4.78 is 247. The number of unbranched alkanes of at least 4 members (excludes halogenated alkanes) is 1. The van der Waals surface area contributed by atoms with E-state index in [-0.39, 0.29) is 98.4 Å². The Morgan fingerprint density at radius 2 is 1.10 bits per heavy atom. The van der Waals surface area contributed by atoms with Crippen LogP contribution in [0.1, 0.15) is 61.3 Å². The first kappa shape index (κ1) is 52.6. The van der Waals surface area contributed by atoms with Crippen LogP contribution in [0.3, 0.4) is 0 Å². The summed E-state index contributed by atoms with van der Waals surface area (Å²) in [6.07, 6.45) is -25.1. The molecule has 0 saturated heterocycles. The summed E-state index contributed by atoms with van der Waals surface area (Å²) in [4.78, 5) is 26.1. The highest BCUT2D eigenvalue weighted by Crippen LogP contribution is 2.52. The number of aryl methyl sites for hydroxylation is 1. The monoisotopic (exact) mass is 1040 g/mol. The molecule has 2 heterocycles. The van der Waals surface area contributed by atoms with Gasteiger partial charge in [0.25, 0.3) is 31.2 Å². The average molecular weight is 1040 g/mol. The molecule has 4 aromatic rings. The number of benzene rings is 4. The minimum atomic E-state index is -6.35. The summed E-state index contributed by atoms with van der Waals surface area (Å²) in [5, 5.41) is 21.8. The summed E-state index contributed by atoms with van der Waals surface area (Å²) in [6, 6.07) is 6.58. The molecule has 4 aromatic carbocycles. The van der Waals surface area contributed by atoms with Crippen molar-refractivity contribution in [1.82, 2.24) is 0 Å². The highest BCUT2D eigenvalue weighted by atomic mass is 32.2. The number of fused-ring (bicyclic) bond motifs is 2. The van der Waals surface area contributed by atoms with E-state index in [1.54, 1.807) is 16.4 Å². The molecule has 0 aliphatic carbocycles. The van der Waals surface area contributed by atoms with Crippen molar-refractivity contribution >= 4 is 54.6 Å². The predicted molar refractivity (Wildman–Crippen MR) is 214 cm³/mol. The maximum absolute atomic E-state index is 15.0. The Morgan fingerprint density at radius 1 is 0.638 bits per heavy atom. The van der Waals surface area contributed by atoms with Crippen molar-refractivity contribution in [2.24, 2.45) is 0 Å². The number of alkyl halides is 12. The number of carbonyl (C=O) groups excluding carboxylic acids is 2. The van der Waals surface area contributed by atoms with Gasteiger partial charge in [-0.3, -0.25) is 19.0 Å². The van der Waals surface area contributed by atoms with Crippen LogP contribution in [-0.4, -0.2) is 70.1 Å². The number of hydrogen-bond donors (Lipinski definition) is 5. The minimum absolute atomic E-state index is 0.00599. The van der Waals surface area contributed by atoms with Crippen LogP contribution in [0.25, 0.3) is 0 Å². The van der Waals surface area contributed by atoms with Gasteiger partial charge in [-0.15, -0.1) is 0 Å². The Bertz CT molecular complexity index is 2900. The predicted octanol–water partition coefficient (Wildman–Crippen LogP) is 8.94. The van der Waals surface area contributed by atoms with Crippen LogP contribution in [-0.2, 0) is 52.7 Å². The van der Waals surface area contributed by atoms with Crippen molar-refractivity contribution < 1.29 is 98.1 Å². The van der Waals surface area contributed by atoms with Crippen molar-refractivity contribution in [2.45, 2.75) is 96.6 Å². The van der Waals surface area contributed by atoms with Gasteiger partial charge in [0.1, 0.15) is 11.6 Å². The molecule has 0 bridgehead atoms. The topological polar surface area (TPSA) is 182 Å². The second-order valence-electron chi connectivity index (χ2n) is 16.3. The summed E-state index contributed by atoms with van der Waals surface area (Å²) in [5.41, 5.74) is -17.2. The lowest BCUT2D eigenvalue weighted by molar-refractivity contribution is -0.376. The minimum Gasteiger partial charge on any atom is -0.369 e. The molecule has 28 heteroatoms. The van der Waals surface area contributed by atoms with Crippen molar-refractivity contribution in [3.8, 4) is 0 Å².